The maximum absolute atomic E-state index is 12.5. The van der Waals surface area contributed by atoms with Gasteiger partial charge in [0.15, 0.2) is 0 Å². The fraction of sp³-hybridized carbons (Fsp3) is 0.286. The Bertz CT molecular complexity index is 886. The molecule has 4 rings (SSSR count). The van der Waals surface area contributed by atoms with Crippen LogP contribution in [0.2, 0.25) is 0 Å². The Morgan fingerprint density at radius 3 is 2.68 bits per heavy atom. The van der Waals surface area contributed by atoms with Gasteiger partial charge in [0.25, 0.3) is 5.91 Å². The van der Waals surface area contributed by atoms with E-state index in [2.05, 4.69) is 21.8 Å². The van der Waals surface area contributed by atoms with Crippen LogP contribution in [0.15, 0.2) is 49.2 Å². The maximum atomic E-state index is 12.5. The first-order chi connectivity index (χ1) is 13.6. The fourth-order valence-electron chi connectivity index (χ4n) is 3.44. The molecule has 0 unspecified atom stereocenters. The van der Waals surface area contributed by atoms with Crippen LogP contribution >= 0.6 is 0 Å². The number of ether oxygens (including phenoxy) is 1. The molecule has 7 heteroatoms. The molecule has 1 aromatic heterocycles. The van der Waals surface area contributed by atoms with E-state index in [4.69, 9.17) is 4.74 Å². The van der Waals surface area contributed by atoms with Gasteiger partial charge in [0.05, 0.1) is 13.2 Å². The first-order valence-electron chi connectivity index (χ1n) is 9.28. The van der Waals surface area contributed by atoms with Gasteiger partial charge in [-0.05, 0) is 23.8 Å². The molecule has 0 saturated carbocycles. The molecule has 0 spiro atoms. The van der Waals surface area contributed by atoms with E-state index in [0.29, 0.717) is 31.0 Å². The van der Waals surface area contributed by atoms with Crippen LogP contribution < -0.4 is 10.2 Å². The third-order valence-corrected chi connectivity index (χ3v) is 4.98. The quantitative estimate of drug-likeness (QED) is 0.857. The summed E-state index contributed by atoms with van der Waals surface area (Å²) >= 11 is 0. The van der Waals surface area contributed by atoms with Crippen molar-refractivity contribution in [1.29, 1.82) is 0 Å². The van der Waals surface area contributed by atoms with Crippen molar-refractivity contribution in [3.63, 3.8) is 0 Å². The van der Waals surface area contributed by atoms with E-state index in [0.717, 1.165) is 30.0 Å². The standard InChI is InChI=1S/C21H22N4O3/c1-15-17-4-2-3-5-18(17)21(27)25(15)14-20(26)23-13-16-6-7-22-19(12-16)24-8-10-28-11-9-24/h2-7,12H,1,8-11,13-14H2,(H,23,26). The molecular weight excluding hydrogens is 356 g/mol. The Morgan fingerprint density at radius 2 is 1.93 bits per heavy atom. The van der Waals surface area contributed by atoms with Crippen molar-refractivity contribution in [2.45, 2.75) is 6.54 Å². The van der Waals surface area contributed by atoms with Gasteiger partial charge in [0.1, 0.15) is 12.4 Å². The summed E-state index contributed by atoms with van der Waals surface area (Å²) in [7, 11) is 0. The molecule has 0 atom stereocenters. The van der Waals surface area contributed by atoms with E-state index in [1.54, 1.807) is 12.3 Å². The Labute approximate surface area is 163 Å². The summed E-state index contributed by atoms with van der Waals surface area (Å²) < 4.78 is 5.37. The number of rotatable bonds is 5. The summed E-state index contributed by atoms with van der Waals surface area (Å²) in [5.41, 5.74) is 2.89. The number of aromatic nitrogens is 1. The normalized spacial score (nSPS) is 16.3. The average molecular weight is 378 g/mol. The van der Waals surface area contributed by atoms with Gasteiger partial charge in [0, 0.05) is 42.7 Å². The Hall–Kier alpha value is -3.19. The molecule has 2 aliphatic rings. The number of hydrogen-bond donors (Lipinski definition) is 1. The van der Waals surface area contributed by atoms with Crippen molar-refractivity contribution in [1.82, 2.24) is 15.2 Å². The number of nitrogens with one attached hydrogen (secondary N) is 1. The topological polar surface area (TPSA) is 74.8 Å². The number of amides is 2. The van der Waals surface area contributed by atoms with Gasteiger partial charge in [-0.1, -0.05) is 24.8 Å². The lowest BCUT2D eigenvalue weighted by molar-refractivity contribution is -0.121. The summed E-state index contributed by atoms with van der Waals surface area (Å²) in [6.45, 7) is 7.29. The predicted molar refractivity (Wildman–Crippen MR) is 106 cm³/mol. The van der Waals surface area contributed by atoms with Crippen molar-refractivity contribution in [3.05, 3.63) is 65.9 Å². The van der Waals surface area contributed by atoms with Crippen molar-refractivity contribution in [2.75, 3.05) is 37.7 Å². The molecule has 2 amide bonds. The molecule has 7 nitrogen and oxygen atoms in total. The Balaban J connectivity index is 1.35. The number of benzene rings is 1. The number of fused-ring (bicyclic) bond motifs is 1. The first-order valence-corrected chi connectivity index (χ1v) is 9.28. The summed E-state index contributed by atoms with van der Waals surface area (Å²) in [5, 5.41) is 2.88. The van der Waals surface area contributed by atoms with Crippen LogP contribution in [0.1, 0.15) is 21.5 Å². The molecule has 1 saturated heterocycles. The average Bonchev–Trinajstić information content (AvgIpc) is 2.98. The van der Waals surface area contributed by atoms with E-state index in [9.17, 15) is 9.59 Å². The first kappa shape index (κ1) is 18.2. The van der Waals surface area contributed by atoms with Crippen LogP contribution in [-0.4, -0.2) is 54.5 Å². The summed E-state index contributed by atoms with van der Waals surface area (Å²) in [4.78, 5) is 32.9. The van der Waals surface area contributed by atoms with E-state index < -0.39 is 0 Å². The molecule has 0 bridgehead atoms. The number of carbonyl (C=O) groups is 2. The lowest BCUT2D eigenvalue weighted by Gasteiger charge is -2.28. The van der Waals surface area contributed by atoms with Gasteiger partial charge in [0.2, 0.25) is 5.91 Å². The number of carbonyl (C=O) groups excluding carboxylic acids is 2. The molecule has 1 aromatic carbocycles. The molecule has 0 aliphatic carbocycles. The second-order valence-corrected chi connectivity index (χ2v) is 6.78. The van der Waals surface area contributed by atoms with Crippen LogP contribution in [0.25, 0.3) is 5.70 Å². The molecular formula is C21H22N4O3. The van der Waals surface area contributed by atoms with Crippen LogP contribution in [0.3, 0.4) is 0 Å². The van der Waals surface area contributed by atoms with Gasteiger partial charge in [-0.15, -0.1) is 0 Å². The van der Waals surface area contributed by atoms with Crippen LogP contribution in [0, 0.1) is 0 Å². The zero-order chi connectivity index (χ0) is 19.5. The molecule has 0 radical (unpaired) electrons. The maximum Gasteiger partial charge on any atom is 0.259 e. The highest BCUT2D eigenvalue weighted by molar-refractivity contribution is 6.10. The van der Waals surface area contributed by atoms with Crippen LogP contribution in [-0.2, 0) is 16.1 Å². The van der Waals surface area contributed by atoms with Gasteiger partial charge in [-0.25, -0.2) is 4.98 Å². The highest BCUT2D eigenvalue weighted by Crippen LogP contribution is 2.30. The third-order valence-electron chi connectivity index (χ3n) is 4.98. The largest absolute Gasteiger partial charge is 0.378 e. The van der Waals surface area contributed by atoms with E-state index in [1.165, 1.54) is 4.90 Å². The number of morpholine rings is 1. The van der Waals surface area contributed by atoms with Crippen molar-refractivity contribution < 1.29 is 14.3 Å². The fourth-order valence-corrected chi connectivity index (χ4v) is 3.44. The monoisotopic (exact) mass is 378 g/mol. The Morgan fingerprint density at radius 1 is 1.18 bits per heavy atom. The highest BCUT2D eigenvalue weighted by atomic mass is 16.5. The predicted octanol–water partition coefficient (Wildman–Crippen LogP) is 1.66. The van der Waals surface area contributed by atoms with Crippen molar-refractivity contribution in [2.24, 2.45) is 0 Å². The zero-order valence-electron chi connectivity index (χ0n) is 15.6. The smallest absolute Gasteiger partial charge is 0.259 e. The molecule has 1 N–H and O–H groups in total. The van der Waals surface area contributed by atoms with E-state index >= 15 is 0 Å². The zero-order valence-corrected chi connectivity index (χ0v) is 15.6. The minimum Gasteiger partial charge on any atom is -0.378 e. The Kier molecular flexibility index (Phi) is 5.08. The van der Waals surface area contributed by atoms with Crippen molar-refractivity contribution in [3.8, 4) is 0 Å². The van der Waals surface area contributed by atoms with Crippen LogP contribution in [0.4, 0.5) is 5.82 Å². The second-order valence-electron chi connectivity index (χ2n) is 6.78. The summed E-state index contributed by atoms with van der Waals surface area (Å²) in [6, 6.07) is 11.1. The van der Waals surface area contributed by atoms with Gasteiger partial charge < -0.3 is 15.0 Å². The molecule has 3 heterocycles. The van der Waals surface area contributed by atoms with E-state index in [1.807, 2.05) is 30.3 Å². The second kappa shape index (κ2) is 7.82. The van der Waals surface area contributed by atoms with Crippen LogP contribution in [0.5, 0.6) is 0 Å². The van der Waals surface area contributed by atoms with Gasteiger partial charge >= 0.3 is 0 Å². The lowest BCUT2D eigenvalue weighted by atomic mass is 10.1. The van der Waals surface area contributed by atoms with Gasteiger partial charge in [-0.3, -0.25) is 14.5 Å². The van der Waals surface area contributed by atoms with E-state index in [-0.39, 0.29) is 18.4 Å². The third kappa shape index (κ3) is 3.61. The lowest BCUT2D eigenvalue weighted by Crippen LogP contribution is -2.37. The molecule has 28 heavy (non-hydrogen) atoms. The minimum atomic E-state index is -0.230. The van der Waals surface area contributed by atoms with Crippen molar-refractivity contribution >= 4 is 23.3 Å². The minimum absolute atomic E-state index is 0.0479. The number of hydrogen-bond acceptors (Lipinski definition) is 5. The highest BCUT2D eigenvalue weighted by Gasteiger charge is 2.31. The number of nitrogens with zero attached hydrogens (tertiary/aromatic N) is 3. The number of pyridine rings is 1. The number of anilines is 1. The molecule has 2 aromatic rings. The summed E-state index contributed by atoms with van der Waals surface area (Å²) in [5.74, 6) is 0.468. The SMILES string of the molecule is C=C1c2ccccc2C(=O)N1CC(=O)NCc1ccnc(N2CCOCC2)c1. The molecule has 2 aliphatic heterocycles. The molecule has 144 valence electrons. The summed E-state index contributed by atoms with van der Waals surface area (Å²) in [6.07, 6.45) is 1.74. The van der Waals surface area contributed by atoms with Gasteiger partial charge in [-0.2, -0.15) is 0 Å². The molecule has 1 fully saturated rings.